The van der Waals surface area contributed by atoms with Gasteiger partial charge in [-0.2, -0.15) is 0 Å². The number of aromatic nitrogens is 3. The van der Waals surface area contributed by atoms with Crippen LogP contribution in [0.2, 0.25) is 0 Å². The van der Waals surface area contributed by atoms with Crippen LogP contribution in [0, 0.1) is 6.92 Å². The van der Waals surface area contributed by atoms with E-state index in [0.717, 1.165) is 6.42 Å². The number of carbonyl (C=O) groups excluding carboxylic acids is 2. The van der Waals surface area contributed by atoms with Crippen LogP contribution in [-0.4, -0.2) is 70.6 Å². The van der Waals surface area contributed by atoms with E-state index < -0.39 is 6.04 Å². The molecule has 10 nitrogen and oxygen atoms in total. The Morgan fingerprint density at radius 3 is 2.84 bits per heavy atom. The number of hydrogen-bond acceptors (Lipinski definition) is 8. The van der Waals surface area contributed by atoms with Crippen LogP contribution in [0.4, 0.5) is 11.1 Å². The Bertz CT molecular complexity index is 986. The maximum absolute atomic E-state index is 12.9. The third-order valence-corrected chi connectivity index (χ3v) is 6.34. The van der Waals surface area contributed by atoms with Gasteiger partial charge >= 0.3 is 0 Å². The summed E-state index contributed by atoms with van der Waals surface area (Å²) in [6.45, 7) is 4.90. The summed E-state index contributed by atoms with van der Waals surface area (Å²) >= 11 is 1.34. The van der Waals surface area contributed by atoms with Gasteiger partial charge in [-0.05, 0) is 26.2 Å². The molecule has 0 saturated carbocycles. The second kappa shape index (κ2) is 9.56. The fourth-order valence-electron chi connectivity index (χ4n) is 4.00. The number of likely N-dealkylation sites (tertiary alicyclic amines) is 1. The summed E-state index contributed by atoms with van der Waals surface area (Å²) in [5.74, 6) is 0.193. The fourth-order valence-corrected chi connectivity index (χ4v) is 4.53. The second-order valence-electron chi connectivity index (χ2n) is 7.62. The second-order valence-corrected chi connectivity index (χ2v) is 8.52. The van der Waals surface area contributed by atoms with Gasteiger partial charge in [0, 0.05) is 48.9 Å². The summed E-state index contributed by atoms with van der Waals surface area (Å²) < 4.78 is 5.34. The molecule has 0 aromatic carbocycles. The van der Waals surface area contributed by atoms with Crippen molar-refractivity contribution in [2.45, 2.75) is 38.6 Å². The molecule has 0 aliphatic carbocycles. The standard InChI is InChI=1S/C20H26N6O4S/c1-13-14(17(28)23-19(22-13)25-8-10-30-11-9-25)4-5-16(27)26-7-2-3-15(26)18(29)24-20-21-6-12-31-20/h6,12,15H,2-5,7-11H2,1H3,(H,21,24,29)(H,22,23,28)/t15-/m0/s1. The van der Waals surface area contributed by atoms with Gasteiger partial charge in [-0.3, -0.25) is 19.4 Å². The molecule has 4 heterocycles. The highest BCUT2D eigenvalue weighted by Crippen LogP contribution is 2.21. The van der Waals surface area contributed by atoms with Gasteiger partial charge in [0.05, 0.1) is 13.2 Å². The zero-order valence-electron chi connectivity index (χ0n) is 17.4. The van der Waals surface area contributed by atoms with E-state index >= 15 is 0 Å². The van der Waals surface area contributed by atoms with Crippen molar-refractivity contribution in [2.24, 2.45) is 0 Å². The number of ether oxygens (including phenoxy) is 1. The number of H-pyrrole nitrogens is 1. The summed E-state index contributed by atoms with van der Waals surface area (Å²) in [5, 5.41) is 5.08. The number of amides is 2. The normalized spacial score (nSPS) is 18.9. The summed E-state index contributed by atoms with van der Waals surface area (Å²) in [6, 6.07) is -0.502. The maximum Gasteiger partial charge on any atom is 0.255 e. The molecule has 2 aromatic heterocycles. The van der Waals surface area contributed by atoms with E-state index in [2.05, 4.69) is 20.3 Å². The number of aromatic amines is 1. The van der Waals surface area contributed by atoms with Crippen LogP contribution in [-0.2, 0) is 20.7 Å². The minimum Gasteiger partial charge on any atom is -0.378 e. The van der Waals surface area contributed by atoms with Crippen LogP contribution in [0.5, 0.6) is 0 Å². The van der Waals surface area contributed by atoms with Gasteiger partial charge in [0.25, 0.3) is 5.56 Å². The van der Waals surface area contributed by atoms with Crippen LogP contribution < -0.4 is 15.8 Å². The monoisotopic (exact) mass is 446 g/mol. The first-order valence-electron chi connectivity index (χ1n) is 10.5. The Hall–Kier alpha value is -2.79. The molecule has 2 N–H and O–H groups in total. The largest absolute Gasteiger partial charge is 0.378 e. The van der Waals surface area contributed by atoms with Gasteiger partial charge in [0.1, 0.15) is 6.04 Å². The van der Waals surface area contributed by atoms with Crippen LogP contribution in [0.1, 0.15) is 30.5 Å². The molecule has 0 bridgehead atoms. The molecule has 166 valence electrons. The molecular weight excluding hydrogens is 420 g/mol. The van der Waals surface area contributed by atoms with Crippen LogP contribution in [0.25, 0.3) is 0 Å². The Kier molecular flexibility index (Phi) is 6.62. The zero-order valence-corrected chi connectivity index (χ0v) is 18.2. The van der Waals surface area contributed by atoms with E-state index in [0.29, 0.717) is 61.6 Å². The van der Waals surface area contributed by atoms with Crippen molar-refractivity contribution in [3.8, 4) is 0 Å². The predicted octanol–water partition coefficient (Wildman–Crippen LogP) is 0.934. The molecule has 2 saturated heterocycles. The van der Waals surface area contributed by atoms with Crippen molar-refractivity contribution in [1.82, 2.24) is 19.9 Å². The molecule has 4 rings (SSSR count). The van der Waals surface area contributed by atoms with Crippen LogP contribution in [0.15, 0.2) is 16.4 Å². The van der Waals surface area contributed by atoms with Gasteiger partial charge in [-0.1, -0.05) is 0 Å². The molecular formula is C20H26N6O4S. The SMILES string of the molecule is Cc1nc(N2CCOCC2)[nH]c(=O)c1CCC(=O)N1CCC[C@H]1C(=O)Nc1nccs1. The van der Waals surface area contributed by atoms with E-state index in [1.165, 1.54) is 11.3 Å². The first kappa shape index (κ1) is 21.4. The number of nitrogens with zero attached hydrogens (tertiary/aromatic N) is 4. The number of rotatable bonds is 6. The minimum absolute atomic E-state index is 0.132. The molecule has 31 heavy (non-hydrogen) atoms. The first-order chi connectivity index (χ1) is 15.0. The first-order valence-corrected chi connectivity index (χ1v) is 11.3. The van der Waals surface area contributed by atoms with Crippen molar-refractivity contribution in [1.29, 1.82) is 0 Å². The predicted molar refractivity (Wildman–Crippen MR) is 116 cm³/mol. The number of morpholine rings is 1. The van der Waals surface area contributed by atoms with Crippen molar-refractivity contribution in [2.75, 3.05) is 43.1 Å². The summed E-state index contributed by atoms with van der Waals surface area (Å²) in [4.78, 5) is 53.1. The van der Waals surface area contributed by atoms with Gasteiger partial charge in [-0.25, -0.2) is 9.97 Å². The summed E-state index contributed by atoms with van der Waals surface area (Å²) in [5.41, 5.74) is 0.909. The molecule has 2 amide bonds. The molecule has 2 aromatic rings. The van der Waals surface area contributed by atoms with Gasteiger partial charge in [0.15, 0.2) is 5.13 Å². The molecule has 2 aliphatic rings. The number of thiazole rings is 1. The highest BCUT2D eigenvalue weighted by Gasteiger charge is 2.34. The molecule has 0 radical (unpaired) electrons. The highest BCUT2D eigenvalue weighted by molar-refractivity contribution is 7.13. The lowest BCUT2D eigenvalue weighted by atomic mass is 10.1. The fraction of sp³-hybridized carbons (Fsp3) is 0.550. The minimum atomic E-state index is -0.502. The average molecular weight is 447 g/mol. The number of hydrogen-bond donors (Lipinski definition) is 2. The zero-order chi connectivity index (χ0) is 21.8. The van der Waals surface area contributed by atoms with E-state index in [4.69, 9.17) is 4.74 Å². The highest BCUT2D eigenvalue weighted by atomic mass is 32.1. The average Bonchev–Trinajstić information content (AvgIpc) is 3.45. The van der Waals surface area contributed by atoms with Crippen molar-refractivity contribution < 1.29 is 14.3 Å². The van der Waals surface area contributed by atoms with E-state index in [-0.39, 0.29) is 30.2 Å². The van der Waals surface area contributed by atoms with E-state index in [1.54, 1.807) is 23.4 Å². The Morgan fingerprint density at radius 1 is 1.32 bits per heavy atom. The van der Waals surface area contributed by atoms with Crippen LogP contribution >= 0.6 is 11.3 Å². The molecule has 0 spiro atoms. The third-order valence-electron chi connectivity index (χ3n) is 5.65. The molecule has 11 heteroatoms. The van der Waals surface area contributed by atoms with Crippen LogP contribution in [0.3, 0.4) is 0 Å². The Morgan fingerprint density at radius 2 is 2.13 bits per heavy atom. The Labute approximate surface area is 183 Å². The topological polar surface area (TPSA) is 121 Å². The lowest BCUT2D eigenvalue weighted by Gasteiger charge is -2.27. The summed E-state index contributed by atoms with van der Waals surface area (Å²) in [6.07, 6.45) is 3.46. The lowest BCUT2D eigenvalue weighted by Crippen LogP contribution is -2.43. The molecule has 1 atom stereocenters. The van der Waals surface area contributed by atoms with Gasteiger partial charge < -0.3 is 19.9 Å². The van der Waals surface area contributed by atoms with E-state index in [9.17, 15) is 14.4 Å². The van der Waals surface area contributed by atoms with E-state index in [1.807, 2.05) is 4.90 Å². The third kappa shape index (κ3) is 4.93. The molecule has 2 aliphatic heterocycles. The van der Waals surface area contributed by atoms with Gasteiger partial charge in [-0.15, -0.1) is 11.3 Å². The summed E-state index contributed by atoms with van der Waals surface area (Å²) in [7, 11) is 0. The number of nitrogens with one attached hydrogen (secondary N) is 2. The lowest BCUT2D eigenvalue weighted by molar-refractivity contribution is -0.136. The molecule has 0 unspecified atom stereocenters. The van der Waals surface area contributed by atoms with Crippen molar-refractivity contribution in [3.63, 3.8) is 0 Å². The quantitative estimate of drug-likeness (QED) is 0.677. The van der Waals surface area contributed by atoms with Gasteiger partial charge in [0.2, 0.25) is 17.8 Å². The van der Waals surface area contributed by atoms with Crippen molar-refractivity contribution in [3.05, 3.63) is 33.2 Å². The molecule has 2 fully saturated rings. The smallest absolute Gasteiger partial charge is 0.255 e. The number of carbonyl (C=O) groups is 2. The Balaban J connectivity index is 1.38. The maximum atomic E-state index is 12.9. The van der Waals surface area contributed by atoms with Crippen molar-refractivity contribution >= 4 is 34.2 Å². The number of anilines is 2. The number of aryl methyl sites for hydroxylation is 1.